The van der Waals surface area contributed by atoms with Crippen LogP contribution < -0.4 is 5.73 Å². The second kappa shape index (κ2) is 5.21. The van der Waals surface area contributed by atoms with E-state index in [2.05, 4.69) is 48.0 Å². The maximum Gasteiger partial charge on any atom is 0.191 e. The van der Waals surface area contributed by atoms with Gasteiger partial charge >= 0.3 is 0 Å². The minimum atomic E-state index is 0.258. The van der Waals surface area contributed by atoms with Gasteiger partial charge in [-0.15, -0.1) is 0 Å². The molecule has 2 rings (SSSR count). The molecule has 0 amide bonds. The molecule has 1 aliphatic heterocycles. The molecule has 0 saturated heterocycles. The monoisotopic (exact) mass is 231 g/mol. The minimum Gasteiger partial charge on any atom is -0.370 e. The summed E-state index contributed by atoms with van der Waals surface area (Å²) in [5, 5.41) is 0. The highest BCUT2D eigenvalue weighted by atomic mass is 15.3. The maximum atomic E-state index is 6.05. The van der Waals surface area contributed by atoms with Gasteiger partial charge in [0.25, 0.3) is 0 Å². The first-order valence-corrected chi connectivity index (χ1v) is 6.32. The van der Waals surface area contributed by atoms with Crippen molar-refractivity contribution in [2.75, 3.05) is 6.54 Å². The highest BCUT2D eigenvalue weighted by Gasteiger charge is 2.15. The van der Waals surface area contributed by atoms with Gasteiger partial charge in [0.05, 0.1) is 0 Å². The SMILES string of the molecule is CC(C)N=C(N)N1CCCc2ccccc2C1. The zero-order valence-corrected chi connectivity index (χ0v) is 10.7. The second-order valence-corrected chi connectivity index (χ2v) is 4.87. The van der Waals surface area contributed by atoms with Gasteiger partial charge in [0.2, 0.25) is 0 Å². The van der Waals surface area contributed by atoms with E-state index in [9.17, 15) is 0 Å². The van der Waals surface area contributed by atoms with Crippen LogP contribution in [-0.2, 0) is 13.0 Å². The first-order chi connectivity index (χ1) is 8.16. The van der Waals surface area contributed by atoms with Crippen LogP contribution in [-0.4, -0.2) is 23.4 Å². The summed E-state index contributed by atoms with van der Waals surface area (Å²) in [6.07, 6.45) is 2.28. The zero-order valence-electron chi connectivity index (χ0n) is 10.7. The number of rotatable bonds is 1. The molecule has 0 bridgehead atoms. The fraction of sp³-hybridized carbons (Fsp3) is 0.500. The summed E-state index contributed by atoms with van der Waals surface area (Å²) in [6, 6.07) is 8.87. The molecule has 0 aromatic heterocycles. The highest BCUT2D eigenvalue weighted by molar-refractivity contribution is 5.78. The Balaban J connectivity index is 2.18. The van der Waals surface area contributed by atoms with Crippen molar-refractivity contribution in [1.82, 2.24) is 4.90 Å². The topological polar surface area (TPSA) is 41.6 Å². The maximum absolute atomic E-state index is 6.05. The van der Waals surface area contributed by atoms with Gasteiger partial charge in [-0.1, -0.05) is 24.3 Å². The van der Waals surface area contributed by atoms with Crippen molar-refractivity contribution in [1.29, 1.82) is 0 Å². The summed E-state index contributed by atoms with van der Waals surface area (Å²) in [7, 11) is 0. The van der Waals surface area contributed by atoms with E-state index in [1.165, 1.54) is 11.1 Å². The molecular weight excluding hydrogens is 210 g/mol. The van der Waals surface area contributed by atoms with Gasteiger partial charge in [-0.2, -0.15) is 0 Å². The molecule has 1 heterocycles. The standard InChI is InChI=1S/C14H21N3/c1-11(2)16-14(15)17-9-5-8-12-6-3-4-7-13(12)10-17/h3-4,6-7,11H,5,8-10H2,1-2H3,(H2,15,16). The number of hydrogen-bond acceptors (Lipinski definition) is 1. The van der Waals surface area contributed by atoms with Gasteiger partial charge in [-0.05, 0) is 37.8 Å². The second-order valence-electron chi connectivity index (χ2n) is 4.87. The molecule has 0 spiro atoms. The smallest absolute Gasteiger partial charge is 0.191 e. The van der Waals surface area contributed by atoms with Gasteiger partial charge in [0, 0.05) is 19.1 Å². The molecule has 2 N–H and O–H groups in total. The average Bonchev–Trinajstić information content (AvgIpc) is 2.49. The van der Waals surface area contributed by atoms with Gasteiger partial charge in [-0.3, -0.25) is 4.99 Å². The van der Waals surface area contributed by atoms with Gasteiger partial charge in [-0.25, -0.2) is 0 Å². The Kier molecular flexibility index (Phi) is 3.67. The lowest BCUT2D eigenvalue weighted by atomic mass is 10.0. The van der Waals surface area contributed by atoms with Crippen molar-refractivity contribution < 1.29 is 0 Å². The quantitative estimate of drug-likeness (QED) is 0.594. The van der Waals surface area contributed by atoms with E-state index in [1.807, 2.05) is 0 Å². The molecule has 17 heavy (non-hydrogen) atoms. The first kappa shape index (κ1) is 12.0. The summed E-state index contributed by atoms with van der Waals surface area (Å²) < 4.78 is 0. The Hall–Kier alpha value is -1.51. The van der Waals surface area contributed by atoms with Crippen LogP contribution >= 0.6 is 0 Å². The predicted octanol–water partition coefficient (Wildman–Crippen LogP) is 2.16. The summed E-state index contributed by atoms with van der Waals surface area (Å²) in [6.45, 7) is 5.99. The lowest BCUT2D eigenvalue weighted by Gasteiger charge is -2.22. The number of nitrogens with zero attached hydrogens (tertiary/aromatic N) is 2. The summed E-state index contributed by atoms with van der Waals surface area (Å²) in [5.74, 6) is 0.678. The molecule has 0 aliphatic carbocycles. The molecule has 1 aromatic rings. The van der Waals surface area contributed by atoms with E-state index in [0.29, 0.717) is 5.96 Å². The molecule has 1 aliphatic rings. The van der Waals surface area contributed by atoms with Crippen molar-refractivity contribution in [2.24, 2.45) is 10.7 Å². The van der Waals surface area contributed by atoms with Crippen molar-refractivity contribution in [3.8, 4) is 0 Å². The van der Waals surface area contributed by atoms with E-state index < -0.39 is 0 Å². The third-order valence-electron chi connectivity index (χ3n) is 3.07. The number of benzene rings is 1. The van der Waals surface area contributed by atoms with E-state index >= 15 is 0 Å². The van der Waals surface area contributed by atoms with E-state index in [4.69, 9.17) is 5.73 Å². The number of hydrogen-bond donors (Lipinski definition) is 1. The largest absolute Gasteiger partial charge is 0.370 e. The molecule has 3 nitrogen and oxygen atoms in total. The van der Waals surface area contributed by atoms with E-state index in [1.54, 1.807) is 0 Å². The van der Waals surface area contributed by atoms with Crippen LogP contribution in [0.4, 0.5) is 0 Å². The van der Waals surface area contributed by atoms with Crippen molar-refractivity contribution >= 4 is 5.96 Å². The minimum absolute atomic E-state index is 0.258. The number of nitrogens with two attached hydrogens (primary N) is 1. The number of guanidine groups is 1. The van der Waals surface area contributed by atoms with Crippen LogP contribution in [0, 0.1) is 0 Å². The third kappa shape index (κ3) is 2.99. The Morgan fingerprint density at radius 1 is 1.29 bits per heavy atom. The van der Waals surface area contributed by atoms with Crippen LogP contribution in [0.15, 0.2) is 29.3 Å². The van der Waals surface area contributed by atoms with Crippen LogP contribution in [0.2, 0.25) is 0 Å². The van der Waals surface area contributed by atoms with Gasteiger partial charge in [0.1, 0.15) is 0 Å². The average molecular weight is 231 g/mol. The fourth-order valence-electron chi connectivity index (χ4n) is 2.24. The Morgan fingerprint density at radius 2 is 2.00 bits per heavy atom. The Bertz CT molecular complexity index is 410. The molecular formula is C14H21N3. The lowest BCUT2D eigenvalue weighted by Crippen LogP contribution is -2.37. The number of aryl methyl sites for hydroxylation is 1. The highest BCUT2D eigenvalue weighted by Crippen LogP contribution is 2.18. The molecule has 3 heteroatoms. The first-order valence-electron chi connectivity index (χ1n) is 6.32. The van der Waals surface area contributed by atoms with Crippen molar-refractivity contribution in [3.63, 3.8) is 0 Å². The van der Waals surface area contributed by atoms with Gasteiger partial charge < -0.3 is 10.6 Å². The lowest BCUT2D eigenvalue weighted by molar-refractivity contribution is 0.409. The normalized spacial score (nSPS) is 16.9. The molecule has 0 unspecified atom stereocenters. The number of aliphatic imine (C=N–C) groups is 1. The third-order valence-corrected chi connectivity index (χ3v) is 3.07. The Labute approximate surface area is 103 Å². The van der Waals surface area contributed by atoms with E-state index in [-0.39, 0.29) is 6.04 Å². The molecule has 92 valence electrons. The van der Waals surface area contributed by atoms with Crippen molar-refractivity contribution in [3.05, 3.63) is 35.4 Å². The zero-order chi connectivity index (χ0) is 12.3. The Morgan fingerprint density at radius 3 is 2.71 bits per heavy atom. The molecule has 0 radical (unpaired) electrons. The van der Waals surface area contributed by atoms with Crippen LogP contribution in [0.3, 0.4) is 0 Å². The van der Waals surface area contributed by atoms with E-state index in [0.717, 1.165) is 25.9 Å². The fourth-order valence-corrected chi connectivity index (χ4v) is 2.24. The summed E-state index contributed by atoms with van der Waals surface area (Å²) >= 11 is 0. The molecule has 0 fully saturated rings. The molecule has 0 atom stereocenters. The molecule has 0 saturated carbocycles. The van der Waals surface area contributed by atoms with Crippen LogP contribution in [0.5, 0.6) is 0 Å². The van der Waals surface area contributed by atoms with Crippen LogP contribution in [0.1, 0.15) is 31.4 Å². The molecule has 1 aromatic carbocycles. The number of fused-ring (bicyclic) bond motifs is 1. The van der Waals surface area contributed by atoms with Crippen molar-refractivity contribution in [2.45, 2.75) is 39.3 Å². The summed E-state index contributed by atoms with van der Waals surface area (Å²) in [4.78, 5) is 6.62. The predicted molar refractivity (Wildman–Crippen MR) is 71.9 cm³/mol. The van der Waals surface area contributed by atoms with Gasteiger partial charge in [0.15, 0.2) is 5.96 Å². The summed E-state index contributed by atoms with van der Waals surface area (Å²) in [5.41, 5.74) is 8.88. The van der Waals surface area contributed by atoms with Crippen LogP contribution in [0.25, 0.3) is 0 Å².